The zero-order valence-corrected chi connectivity index (χ0v) is 15.4. The molecular weight excluding hydrogens is 353 g/mol. The Hall–Kier alpha value is -2.90. The van der Waals surface area contributed by atoms with Crippen LogP contribution >= 0.6 is 0 Å². The Morgan fingerprint density at radius 2 is 2.26 bits per heavy atom. The van der Waals surface area contributed by atoms with Gasteiger partial charge >= 0.3 is 0 Å². The highest BCUT2D eigenvalue weighted by atomic mass is 19.1. The molecular formula is C19H22FN3O4. The van der Waals surface area contributed by atoms with Crippen molar-refractivity contribution in [3.05, 3.63) is 47.9 Å². The van der Waals surface area contributed by atoms with E-state index < -0.39 is 5.82 Å². The van der Waals surface area contributed by atoms with E-state index >= 15 is 0 Å². The number of carbonyl (C=O) groups is 2. The van der Waals surface area contributed by atoms with Gasteiger partial charge in [0.1, 0.15) is 17.8 Å². The fourth-order valence-electron chi connectivity index (χ4n) is 3.26. The van der Waals surface area contributed by atoms with Crippen LogP contribution in [0.15, 0.2) is 34.9 Å². The van der Waals surface area contributed by atoms with Crippen LogP contribution in [0.25, 0.3) is 0 Å². The second kappa shape index (κ2) is 8.20. The van der Waals surface area contributed by atoms with Gasteiger partial charge in [0.2, 0.25) is 11.8 Å². The molecule has 0 bridgehead atoms. The summed E-state index contributed by atoms with van der Waals surface area (Å²) in [7, 11) is 0. The molecule has 0 aliphatic carbocycles. The normalized spacial score (nSPS) is 16.4. The number of nitrogens with zero attached hydrogens (tertiary/aromatic N) is 3. The molecule has 0 N–H and O–H groups in total. The van der Waals surface area contributed by atoms with Gasteiger partial charge in [-0.05, 0) is 25.5 Å². The van der Waals surface area contributed by atoms with E-state index in [1.165, 1.54) is 25.3 Å². The second-order valence-electron chi connectivity index (χ2n) is 6.37. The minimum Gasteiger partial charge on any atom is -0.484 e. The minimum atomic E-state index is -0.397. The van der Waals surface area contributed by atoms with Crippen LogP contribution in [0, 0.1) is 5.82 Å². The Kier molecular flexibility index (Phi) is 5.73. The Balaban J connectivity index is 1.58. The van der Waals surface area contributed by atoms with Gasteiger partial charge in [0.15, 0.2) is 12.3 Å². The zero-order chi connectivity index (χ0) is 19.4. The van der Waals surface area contributed by atoms with Gasteiger partial charge in [-0.3, -0.25) is 9.59 Å². The van der Waals surface area contributed by atoms with E-state index in [1.807, 2.05) is 6.92 Å². The molecule has 27 heavy (non-hydrogen) atoms. The summed E-state index contributed by atoms with van der Waals surface area (Å²) >= 11 is 0. The Labute approximate surface area is 156 Å². The molecule has 2 heterocycles. The van der Waals surface area contributed by atoms with E-state index in [2.05, 4.69) is 4.98 Å². The SMILES string of the molecule is CCN(C(C)=O)[C@@H]1CCN(C(=O)c2coc(COc3cccc(F)c3)n2)C1. The van der Waals surface area contributed by atoms with E-state index in [9.17, 15) is 14.0 Å². The largest absolute Gasteiger partial charge is 0.484 e. The minimum absolute atomic E-state index is 0.00664. The summed E-state index contributed by atoms with van der Waals surface area (Å²) in [5, 5.41) is 0. The first kappa shape index (κ1) is 18.9. The smallest absolute Gasteiger partial charge is 0.275 e. The van der Waals surface area contributed by atoms with Crippen molar-refractivity contribution in [1.82, 2.24) is 14.8 Å². The lowest BCUT2D eigenvalue weighted by Crippen LogP contribution is -2.41. The fraction of sp³-hybridized carbons (Fsp3) is 0.421. The summed E-state index contributed by atoms with van der Waals surface area (Å²) in [6.07, 6.45) is 2.04. The fourth-order valence-corrected chi connectivity index (χ4v) is 3.26. The van der Waals surface area contributed by atoms with Crippen molar-refractivity contribution in [1.29, 1.82) is 0 Å². The molecule has 1 aromatic carbocycles. The van der Waals surface area contributed by atoms with Crippen molar-refractivity contribution in [3.8, 4) is 5.75 Å². The predicted octanol–water partition coefficient (Wildman–Crippen LogP) is 2.48. The Morgan fingerprint density at radius 1 is 1.44 bits per heavy atom. The summed E-state index contributed by atoms with van der Waals surface area (Å²) < 4.78 is 23.9. The highest BCUT2D eigenvalue weighted by Crippen LogP contribution is 2.19. The highest BCUT2D eigenvalue weighted by Gasteiger charge is 2.32. The zero-order valence-electron chi connectivity index (χ0n) is 15.4. The van der Waals surface area contributed by atoms with E-state index in [4.69, 9.17) is 9.15 Å². The predicted molar refractivity (Wildman–Crippen MR) is 94.6 cm³/mol. The monoisotopic (exact) mass is 375 g/mol. The molecule has 2 aromatic rings. The molecule has 1 aliphatic rings. The van der Waals surface area contributed by atoms with E-state index in [0.717, 1.165) is 6.42 Å². The average molecular weight is 375 g/mol. The topological polar surface area (TPSA) is 75.9 Å². The molecule has 2 amide bonds. The van der Waals surface area contributed by atoms with Crippen LogP contribution in [0.3, 0.4) is 0 Å². The van der Waals surface area contributed by atoms with Crippen molar-refractivity contribution in [3.63, 3.8) is 0 Å². The van der Waals surface area contributed by atoms with Crippen LogP contribution in [0.4, 0.5) is 4.39 Å². The van der Waals surface area contributed by atoms with Crippen LogP contribution in [0.5, 0.6) is 5.75 Å². The number of likely N-dealkylation sites (tertiary alicyclic amines) is 1. The molecule has 0 saturated carbocycles. The third-order valence-electron chi connectivity index (χ3n) is 4.57. The maximum atomic E-state index is 13.1. The first-order valence-electron chi connectivity index (χ1n) is 8.87. The van der Waals surface area contributed by atoms with Crippen molar-refractivity contribution >= 4 is 11.8 Å². The lowest BCUT2D eigenvalue weighted by atomic mass is 10.2. The van der Waals surface area contributed by atoms with Crippen molar-refractivity contribution in [2.75, 3.05) is 19.6 Å². The summed E-state index contributed by atoms with van der Waals surface area (Å²) in [4.78, 5) is 31.9. The van der Waals surface area contributed by atoms with Crippen LogP contribution in [-0.4, -0.2) is 52.3 Å². The highest BCUT2D eigenvalue weighted by molar-refractivity contribution is 5.92. The first-order valence-corrected chi connectivity index (χ1v) is 8.87. The number of benzene rings is 1. The molecule has 3 rings (SSSR count). The van der Waals surface area contributed by atoms with Crippen LogP contribution in [0.2, 0.25) is 0 Å². The molecule has 1 aliphatic heterocycles. The average Bonchev–Trinajstić information content (AvgIpc) is 3.30. The van der Waals surface area contributed by atoms with Gasteiger partial charge in [0, 0.05) is 32.6 Å². The number of halogens is 1. The third kappa shape index (κ3) is 4.45. The number of amides is 2. The molecule has 1 saturated heterocycles. The molecule has 0 spiro atoms. The molecule has 0 unspecified atom stereocenters. The quantitative estimate of drug-likeness (QED) is 0.775. The number of hydrogen-bond donors (Lipinski definition) is 0. The maximum absolute atomic E-state index is 13.1. The molecule has 8 heteroatoms. The van der Waals surface area contributed by atoms with Crippen molar-refractivity contribution < 1.29 is 23.1 Å². The number of carbonyl (C=O) groups excluding carboxylic acids is 2. The number of aromatic nitrogens is 1. The second-order valence-corrected chi connectivity index (χ2v) is 6.37. The van der Waals surface area contributed by atoms with Crippen LogP contribution < -0.4 is 4.74 Å². The number of ether oxygens (including phenoxy) is 1. The van der Waals surface area contributed by atoms with Gasteiger partial charge in [0.25, 0.3) is 5.91 Å². The van der Waals surface area contributed by atoms with E-state index in [1.54, 1.807) is 21.9 Å². The van der Waals surface area contributed by atoms with Crippen molar-refractivity contribution in [2.24, 2.45) is 0 Å². The third-order valence-corrected chi connectivity index (χ3v) is 4.57. The molecule has 1 aromatic heterocycles. The number of likely N-dealkylation sites (N-methyl/N-ethyl adjacent to an activating group) is 1. The van der Waals surface area contributed by atoms with Crippen LogP contribution in [-0.2, 0) is 11.4 Å². The Bertz CT molecular complexity index is 823. The first-order chi connectivity index (χ1) is 13.0. The van der Waals surface area contributed by atoms with Gasteiger partial charge in [-0.2, -0.15) is 0 Å². The molecule has 144 valence electrons. The maximum Gasteiger partial charge on any atom is 0.275 e. The van der Waals surface area contributed by atoms with Gasteiger partial charge in [-0.25, -0.2) is 9.37 Å². The lowest BCUT2D eigenvalue weighted by Gasteiger charge is -2.26. The molecule has 7 nitrogen and oxygen atoms in total. The van der Waals surface area contributed by atoms with Gasteiger partial charge in [-0.15, -0.1) is 0 Å². The number of rotatable bonds is 6. The van der Waals surface area contributed by atoms with E-state index in [-0.39, 0.29) is 36.0 Å². The summed E-state index contributed by atoms with van der Waals surface area (Å²) in [5.74, 6) is -0.0384. The summed E-state index contributed by atoms with van der Waals surface area (Å²) in [6, 6.07) is 5.77. The summed E-state index contributed by atoms with van der Waals surface area (Å²) in [5.41, 5.74) is 0.194. The Morgan fingerprint density at radius 3 is 2.96 bits per heavy atom. The van der Waals surface area contributed by atoms with Gasteiger partial charge in [0.05, 0.1) is 6.04 Å². The molecule has 1 fully saturated rings. The number of hydrogen-bond acceptors (Lipinski definition) is 5. The van der Waals surface area contributed by atoms with Gasteiger partial charge in [-0.1, -0.05) is 6.07 Å². The van der Waals surface area contributed by atoms with Gasteiger partial charge < -0.3 is 19.0 Å². The summed E-state index contributed by atoms with van der Waals surface area (Å²) in [6.45, 7) is 5.12. The molecule has 1 atom stereocenters. The standard InChI is InChI=1S/C19H22FN3O4/c1-3-23(13(2)24)15-7-8-22(10-15)19(25)17-11-27-18(21-17)12-26-16-6-4-5-14(20)9-16/h4-6,9,11,15H,3,7-8,10,12H2,1-2H3/t15-/m1/s1. The lowest BCUT2D eigenvalue weighted by molar-refractivity contribution is -0.130. The van der Waals surface area contributed by atoms with Crippen LogP contribution in [0.1, 0.15) is 36.6 Å². The molecule has 0 radical (unpaired) electrons. The van der Waals surface area contributed by atoms with Crippen molar-refractivity contribution in [2.45, 2.75) is 32.9 Å². The number of oxazole rings is 1. The van der Waals surface area contributed by atoms with E-state index in [0.29, 0.717) is 25.4 Å².